The van der Waals surface area contributed by atoms with E-state index in [1.54, 1.807) is 22.7 Å². The van der Waals surface area contributed by atoms with E-state index in [9.17, 15) is 14.7 Å². The topological polar surface area (TPSA) is 79.3 Å². The van der Waals surface area contributed by atoms with Crippen LogP contribution in [0.25, 0.3) is 10.6 Å². The SMILES string of the molecule is Cc1csc(-c2c(NC(=O)C3CCCCC3C(=O)O)sc3c2CCC3)n1. The van der Waals surface area contributed by atoms with Crippen molar-refractivity contribution in [3.63, 3.8) is 0 Å². The van der Waals surface area contributed by atoms with Gasteiger partial charge in [-0.2, -0.15) is 0 Å². The number of amides is 1. The second kappa shape index (κ2) is 7.12. The molecule has 0 spiro atoms. The van der Waals surface area contributed by atoms with Crippen molar-refractivity contribution in [2.75, 3.05) is 5.32 Å². The second-order valence-electron chi connectivity index (χ2n) is 7.18. The minimum atomic E-state index is -0.853. The number of carbonyl (C=O) groups is 2. The van der Waals surface area contributed by atoms with Crippen molar-refractivity contribution < 1.29 is 14.7 Å². The summed E-state index contributed by atoms with van der Waals surface area (Å²) in [7, 11) is 0. The molecule has 5 nitrogen and oxygen atoms in total. The summed E-state index contributed by atoms with van der Waals surface area (Å²) in [5, 5.41) is 16.4. The zero-order valence-corrected chi connectivity index (χ0v) is 16.3. The summed E-state index contributed by atoms with van der Waals surface area (Å²) in [6, 6.07) is 0. The number of aryl methyl sites for hydroxylation is 2. The lowest BCUT2D eigenvalue weighted by Crippen LogP contribution is -2.36. The molecule has 1 fully saturated rings. The molecule has 26 heavy (non-hydrogen) atoms. The fourth-order valence-corrected chi connectivity index (χ4v) is 6.37. The van der Waals surface area contributed by atoms with Gasteiger partial charge in [0.1, 0.15) is 10.0 Å². The Morgan fingerprint density at radius 2 is 1.96 bits per heavy atom. The highest BCUT2D eigenvalue weighted by Gasteiger charge is 2.36. The number of carboxylic acid groups (broad SMARTS) is 1. The Morgan fingerprint density at radius 1 is 1.19 bits per heavy atom. The lowest BCUT2D eigenvalue weighted by atomic mass is 9.79. The Bertz CT molecular complexity index is 855. The molecule has 0 radical (unpaired) electrons. The van der Waals surface area contributed by atoms with Crippen molar-refractivity contribution in [3.05, 3.63) is 21.5 Å². The maximum atomic E-state index is 12.9. The number of anilines is 1. The zero-order valence-electron chi connectivity index (χ0n) is 14.7. The minimum Gasteiger partial charge on any atom is -0.481 e. The first-order chi connectivity index (χ1) is 12.5. The molecule has 1 saturated carbocycles. The van der Waals surface area contributed by atoms with E-state index in [2.05, 4.69) is 10.3 Å². The van der Waals surface area contributed by atoms with Gasteiger partial charge in [0, 0.05) is 21.5 Å². The molecule has 0 saturated heterocycles. The van der Waals surface area contributed by atoms with Crippen molar-refractivity contribution in [1.82, 2.24) is 4.98 Å². The van der Waals surface area contributed by atoms with E-state index in [1.807, 2.05) is 12.3 Å². The smallest absolute Gasteiger partial charge is 0.307 e. The number of carboxylic acids is 1. The maximum Gasteiger partial charge on any atom is 0.307 e. The van der Waals surface area contributed by atoms with Crippen molar-refractivity contribution in [3.8, 4) is 10.6 Å². The largest absolute Gasteiger partial charge is 0.481 e. The Hall–Kier alpha value is -1.73. The average molecular weight is 391 g/mol. The molecule has 4 rings (SSSR count). The highest BCUT2D eigenvalue weighted by Crippen LogP contribution is 2.46. The van der Waals surface area contributed by atoms with Gasteiger partial charge < -0.3 is 10.4 Å². The molecule has 2 N–H and O–H groups in total. The molecule has 2 aliphatic carbocycles. The standard InChI is InChI=1S/C19H22N2O3S2/c1-10-9-25-17(20-10)15-13-7-4-8-14(13)26-18(15)21-16(22)11-5-2-3-6-12(11)19(23)24/h9,11-12H,2-8H2,1H3,(H,21,22)(H,23,24). The van der Waals surface area contributed by atoms with Crippen molar-refractivity contribution >= 4 is 39.6 Å². The number of aromatic nitrogens is 1. The van der Waals surface area contributed by atoms with Crippen LogP contribution in [-0.2, 0) is 22.4 Å². The lowest BCUT2D eigenvalue weighted by molar-refractivity contribution is -0.147. The summed E-state index contributed by atoms with van der Waals surface area (Å²) in [6.07, 6.45) is 6.27. The van der Waals surface area contributed by atoms with Gasteiger partial charge in [-0.25, -0.2) is 4.98 Å². The Labute approximate surface area is 160 Å². The van der Waals surface area contributed by atoms with E-state index in [1.165, 1.54) is 10.4 Å². The first kappa shape index (κ1) is 17.7. The number of hydrogen-bond acceptors (Lipinski definition) is 5. The van der Waals surface area contributed by atoms with Crippen LogP contribution in [0.5, 0.6) is 0 Å². The number of nitrogens with one attached hydrogen (secondary N) is 1. The number of hydrogen-bond donors (Lipinski definition) is 2. The van der Waals surface area contributed by atoms with Crippen LogP contribution in [0.2, 0.25) is 0 Å². The summed E-state index contributed by atoms with van der Waals surface area (Å²) in [6.45, 7) is 1.98. The molecule has 138 valence electrons. The van der Waals surface area contributed by atoms with Gasteiger partial charge >= 0.3 is 5.97 Å². The number of nitrogens with zero attached hydrogens (tertiary/aromatic N) is 1. The molecule has 2 heterocycles. The van der Waals surface area contributed by atoms with E-state index in [-0.39, 0.29) is 5.91 Å². The molecular weight excluding hydrogens is 368 g/mol. The Kier molecular flexibility index (Phi) is 4.84. The number of aliphatic carboxylic acids is 1. The number of rotatable bonds is 4. The molecule has 2 aliphatic rings. The van der Waals surface area contributed by atoms with Crippen LogP contribution in [0.3, 0.4) is 0 Å². The number of thiazole rings is 1. The molecule has 7 heteroatoms. The molecule has 0 aromatic carbocycles. The van der Waals surface area contributed by atoms with Crippen LogP contribution in [0, 0.1) is 18.8 Å². The van der Waals surface area contributed by atoms with Crippen LogP contribution < -0.4 is 5.32 Å². The average Bonchev–Trinajstić information content (AvgIpc) is 3.30. The highest BCUT2D eigenvalue weighted by atomic mass is 32.1. The van der Waals surface area contributed by atoms with Crippen LogP contribution in [0.15, 0.2) is 5.38 Å². The summed E-state index contributed by atoms with van der Waals surface area (Å²) >= 11 is 3.25. The van der Waals surface area contributed by atoms with Crippen LogP contribution >= 0.6 is 22.7 Å². The van der Waals surface area contributed by atoms with Gasteiger partial charge in [0.2, 0.25) is 5.91 Å². The van der Waals surface area contributed by atoms with E-state index in [0.29, 0.717) is 12.8 Å². The normalized spacial score (nSPS) is 22.2. The first-order valence-corrected chi connectivity index (χ1v) is 10.8. The van der Waals surface area contributed by atoms with Crippen LogP contribution in [0.1, 0.15) is 48.2 Å². The van der Waals surface area contributed by atoms with Crippen molar-refractivity contribution in [2.45, 2.75) is 51.9 Å². The predicted octanol–water partition coefficient (Wildman–Crippen LogP) is 4.50. The molecule has 2 aromatic rings. The van der Waals surface area contributed by atoms with E-state index in [4.69, 9.17) is 0 Å². The molecule has 0 bridgehead atoms. The van der Waals surface area contributed by atoms with Crippen LogP contribution in [0.4, 0.5) is 5.00 Å². The summed E-state index contributed by atoms with van der Waals surface area (Å²) in [4.78, 5) is 30.4. The Balaban J connectivity index is 1.64. The third-order valence-corrected chi connectivity index (χ3v) is 7.60. The quantitative estimate of drug-likeness (QED) is 0.806. The number of fused-ring (bicyclic) bond motifs is 1. The fraction of sp³-hybridized carbons (Fsp3) is 0.526. The third kappa shape index (κ3) is 3.18. The maximum absolute atomic E-state index is 12.9. The zero-order chi connectivity index (χ0) is 18.3. The first-order valence-electron chi connectivity index (χ1n) is 9.15. The summed E-state index contributed by atoms with van der Waals surface area (Å²) < 4.78 is 0. The Morgan fingerprint density at radius 3 is 2.65 bits per heavy atom. The third-order valence-electron chi connectivity index (χ3n) is 5.41. The van der Waals surface area contributed by atoms with Gasteiger partial charge in [0.25, 0.3) is 0 Å². The number of thiophene rings is 1. The summed E-state index contributed by atoms with van der Waals surface area (Å²) in [5.74, 6) is -2.01. The van der Waals surface area contributed by atoms with Crippen molar-refractivity contribution in [2.24, 2.45) is 11.8 Å². The van der Waals surface area contributed by atoms with Gasteiger partial charge in [-0.15, -0.1) is 22.7 Å². The van der Waals surface area contributed by atoms with Gasteiger partial charge in [-0.3, -0.25) is 9.59 Å². The second-order valence-corrected chi connectivity index (χ2v) is 9.14. The molecular formula is C19H22N2O3S2. The fourth-order valence-electron chi connectivity index (χ4n) is 4.13. The van der Waals surface area contributed by atoms with Gasteiger partial charge in [-0.05, 0) is 44.6 Å². The van der Waals surface area contributed by atoms with Gasteiger partial charge in [0.15, 0.2) is 0 Å². The monoisotopic (exact) mass is 390 g/mol. The number of carbonyl (C=O) groups excluding carboxylic acids is 1. The predicted molar refractivity (Wildman–Crippen MR) is 104 cm³/mol. The molecule has 2 aromatic heterocycles. The molecule has 2 unspecified atom stereocenters. The molecule has 0 aliphatic heterocycles. The van der Waals surface area contributed by atoms with Gasteiger partial charge in [-0.1, -0.05) is 12.8 Å². The highest BCUT2D eigenvalue weighted by molar-refractivity contribution is 7.18. The van der Waals surface area contributed by atoms with E-state index < -0.39 is 17.8 Å². The van der Waals surface area contributed by atoms with Crippen molar-refractivity contribution in [1.29, 1.82) is 0 Å². The molecule has 1 amide bonds. The van der Waals surface area contributed by atoms with E-state index in [0.717, 1.165) is 53.4 Å². The lowest BCUT2D eigenvalue weighted by Gasteiger charge is -2.27. The summed E-state index contributed by atoms with van der Waals surface area (Å²) in [5.41, 5.74) is 3.37. The molecule has 2 atom stereocenters. The minimum absolute atomic E-state index is 0.147. The van der Waals surface area contributed by atoms with Gasteiger partial charge in [0.05, 0.1) is 11.8 Å². The van der Waals surface area contributed by atoms with E-state index >= 15 is 0 Å². The van der Waals surface area contributed by atoms with Crippen LogP contribution in [-0.4, -0.2) is 22.0 Å².